The number of nitrogens with zero attached hydrogens (tertiary/aromatic N) is 4. The first kappa shape index (κ1) is 14.0. The zero-order chi connectivity index (χ0) is 15.9. The summed E-state index contributed by atoms with van der Waals surface area (Å²) < 4.78 is 20.2. The molecule has 22 heavy (non-hydrogen) atoms. The molecule has 2 heterocycles. The molecule has 0 bridgehead atoms. The summed E-state index contributed by atoms with van der Waals surface area (Å²) in [5.74, 6) is -0.811. The van der Waals surface area contributed by atoms with Gasteiger partial charge in [0.05, 0.1) is 24.3 Å². The maximum Gasteiger partial charge on any atom is 0.273 e. The van der Waals surface area contributed by atoms with Gasteiger partial charge in [-0.3, -0.25) is 9.89 Å². The van der Waals surface area contributed by atoms with E-state index in [1.165, 1.54) is 19.2 Å². The van der Waals surface area contributed by atoms with Gasteiger partial charge >= 0.3 is 0 Å². The van der Waals surface area contributed by atoms with Crippen LogP contribution in [-0.2, 0) is 0 Å². The van der Waals surface area contributed by atoms with Crippen LogP contribution in [0.5, 0.6) is 5.75 Å². The van der Waals surface area contributed by atoms with Crippen molar-refractivity contribution in [2.24, 2.45) is 0 Å². The Balaban J connectivity index is 2.36. The van der Waals surface area contributed by atoms with Gasteiger partial charge in [-0.25, -0.2) is 4.39 Å². The van der Waals surface area contributed by atoms with Gasteiger partial charge in [0.2, 0.25) is 0 Å². The van der Waals surface area contributed by atoms with Crippen LogP contribution < -0.4 is 10.3 Å². The Labute approximate surface area is 127 Å². The van der Waals surface area contributed by atoms with Crippen LogP contribution in [0.15, 0.2) is 23.0 Å². The van der Waals surface area contributed by atoms with Crippen LogP contribution in [0.1, 0.15) is 5.56 Å². The minimum Gasteiger partial charge on any atom is -0.494 e. The van der Waals surface area contributed by atoms with Gasteiger partial charge in [-0.1, -0.05) is 11.6 Å². The molecule has 0 aliphatic carbocycles. The average Bonchev–Trinajstić information content (AvgIpc) is 2.86. The summed E-state index contributed by atoms with van der Waals surface area (Å²) in [5, 5.41) is 19.2. The molecule has 9 heteroatoms. The Kier molecular flexibility index (Phi) is 3.27. The van der Waals surface area contributed by atoms with Crippen LogP contribution in [-0.4, -0.2) is 27.1 Å². The van der Waals surface area contributed by atoms with Gasteiger partial charge < -0.3 is 4.74 Å². The van der Waals surface area contributed by atoms with Crippen LogP contribution >= 0.6 is 11.6 Å². The van der Waals surface area contributed by atoms with Gasteiger partial charge in [0.1, 0.15) is 17.0 Å². The second kappa shape index (κ2) is 5.13. The Hall–Kier alpha value is -2.92. The molecule has 0 saturated carbocycles. The van der Waals surface area contributed by atoms with E-state index in [2.05, 4.69) is 15.3 Å². The maximum absolute atomic E-state index is 14.3. The van der Waals surface area contributed by atoms with E-state index in [-0.39, 0.29) is 27.7 Å². The van der Waals surface area contributed by atoms with Gasteiger partial charge in [-0.15, -0.1) is 0 Å². The number of benzene rings is 1. The standard InChI is InChI=1S/C13H7ClFN5O2/c1-22-9-3-6(5-16)2-7(15)12(9)20-10(21)4-8-11(19-20)13(14)18-17-8/h2-4,17H,1H3. The third kappa shape index (κ3) is 2.08. The number of hydrogen-bond acceptors (Lipinski definition) is 5. The van der Waals surface area contributed by atoms with E-state index in [1.54, 1.807) is 6.07 Å². The molecule has 0 aliphatic heterocycles. The maximum atomic E-state index is 14.3. The number of halogens is 2. The number of H-pyrrole nitrogens is 1. The topological polar surface area (TPSA) is 96.6 Å². The van der Waals surface area contributed by atoms with Crippen LogP contribution in [0.2, 0.25) is 5.15 Å². The summed E-state index contributed by atoms with van der Waals surface area (Å²) in [7, 11) is 1.30. The first-order valence-corrected chi connectivity index (χ1v) is 6.35. The van der Waals surface area contributed by atoms with E-state index in [4.69, 9.17) is 21.6 Å². The number of hydrogen-bond donors (Lipinski definition) is 1. The van der Waals surface area contributed by atoms with Crippen molar-refractivity contribution in [2.45, 2.75) is 0 Å². The summed E-state index contributed by atoms with van der Waals surface area (Å²) in [6.07, 6.45) is 0. The van der Waals surface area contributed by atoms with Crippen LogP contribution in [0.25, 0.3) is 16.7 Å². The molecule has 3 aromatic rings. The smallest absolute Gasteiger partial charge is 0.273 e. The fourth-order valence-corrected chi connectivity index (χ4v) is 2.20. The van der Waals surface area contributed by atoms with E-state index < -0.39 is 11.4 Å². The number of fused-ring (bicyclic) bond motifs is 1. The third-order valence-corrected chi connectivity index (χ3v) is 3.25. The molecule has 0 amide bonds. The summed E-state index contributed by atoms with van der Waals surface area (Å²) >= 11 is 5.86. The minimum atomic E-state index is -0.815. The lowest BCUT2D eigenvalue weighted by Gasteiger charge is -2.11. The molecule has 0 atom stereocenters. The molecule has 110 valence electrons. The lowest BCUT2D eigenvalue weighted by Crippen LogP contribution is -2.22. The number of ether oxygens (including phenoxy) is 1. The number of nitriles is 1. The zero-order valence-corrected chi connectivity index (χ0v) is 11.8. The van der Waals surface area contributed by atoms with E-state index in [0.717, 1.165) is 10.7 Å². The molecule has 0 aliphatic rings. The highest BCUT2D eigenvalue weighted by Gasteiger charge is 2.18. The molecular weight excluding hydrogens is 313 g/mol. The summed E-state index contributed by atoms with van der Waals surface area (Å²) in [4.78, 5) is 12.1. The number of nitrogens with one attached hydrogen (secondary N) is 1. The first-order valence-electron chi connectivity index (χ1n) is 5.97. The monoisotopic (exact) mass is 319 g/mol. The molecule has 1 aromatic carbocycles. The normalized spacial score (nSPS) is 10.6. The van der Waals surface area contributed by atoms with Gasteiger partial charge in [-0.05, 0) is 6.07 Å². The molecule has 0 radical (unpaired) electrons. The first-order chi connectivity index (χ1) is 10.5. The van der Waals surface area contributed by atoms with Gasteiger partial charge in [0.25, 0.3) is 5.56 Å². The van der Waals surface area contributed by atoms with Crippen molar-refractivity contribution < 1.29 is 9.13 Å². The van der Waals surface area contributed by atoms with Crippen LogP contribution in [0.3, 0.4) is 0 Å². The molecule has 7 nitrogen and oxygen atoms in total. The van der Waals surface area contributed by atoms with Crippen LogP contribution in [0, 0.1) is 17.1 Å². The highest BCUT2D eigenvalue weighted by molar-refractivity contribution is 6.33. The summed E-state index contributed by atoms with van der Waals surface area (Å²) in [5.41, 5.74) is -0.194. The highest BCUT2D eigenvalue weighted by atomic mass is 35.5. The molecular formula is C13H7ClFN5O2. The average molecular weight is 320 g/mol. The van der Waals surface area contributed by atoms with Gasteiger partial charge in [-0.2, -0.15) is 20.1 Å². The van der Waals surface area contributed by atoms with E-state index in [9.17, 15) is 9.18 Å². The van der Waals surface area contributed by atoms with Crippen molar-refractivity contribution in [3.8, 4) is 17.5 Å². The van der Waals surface area contributed by atoms with Gasteiger partial charge in [0, 0.05) is 12.1 Å². The second-order valence-corrected chi connectivity index (χ2v) is 4.65. The molecule has 3 rings (SSSR count). The SMILES string of the molecule is COc1cc(C#N)cc(F)c1-n1nc2c(Cl)n[nH]c2cc1=O. The van der Waals surface area contributed by atoms with Gasteiger partial charge in [0.15, 0.2) is 11.0 Å². The quantitative estimate of drug-likeness (QED) is 0.776. The van der Waals surface area contributed by atoms with Crippen molar-refractivity contribution in [1.29, 1.82) is 5.26 Å². The Morgan fingerprint density at radius 3 is 2.91 bits per heavy atom. The molecule has 1 N–H and O–H groups in total. The number of aromatic nitrogens is 4. The van der Waals surface area contributed by atoms with E-state index in [0.29, 0.717) is 5.52 Å². The summed E-state index contributed by atoms with van der Waals surface area (Å²) in [6, 6.07) is 5.31. The second-order valence-electron chi connectivity index (χ2n) is 4.29. The Bertz CT molecular complexity index is 988. The van der Waals surface area contributed by atoms with Crippen molar-refractivity contribution in [2.75, 3.05) is 7.11 Å². The van der Waals surface area contributed by atoms with Crippen molar-refractivity contribution in [3.63, 3.8) is 0 Å². The molecule has 0 spiro atoms. The van der Waals surface area contributed by atoms with Crippen molar-refractivity contribution >= 4 is 22.6 Å². The molecule has 2 aromatic heterocycles. The molecule has 0 unspecified atom stereocenters. The number of methoxy groups -OCH3 is 1. The predicted molar refractivity (Wildman–Crippen MR) is 75.7 cm³/mol. The molecule has 0 saturated heterocycles. The fourth-order valence-electron chi connectivity index (χ4n) is 2.02. The molecule has 0 fully saturated rings. The predicted octanol–water partition coefficient (Wildman–Crippen LogP) is 1.78. The highest BCUT2D eigenvalue weighted by Crippen LogP contribution is 2.27. The number of aromatic amines is 1. The lowest BCUT2D eigenvalue weighted by atomic mass is 10.2. The van der Waals surface area contributed by atoms with E-state index in [1.807, 2.05) is 0 Å². The number of rotatable bonds is 2. The fraction of sp³-hybridized carbons (Fsp3) is 0.0769. The zero-order valence-electron chi connectivity index (χ0n) is 11.1. The Morgan fingerprint density at radius 2 is 2.23 bits per heavy atom. The largest absolute Gasteiger partial charge is 0.494 e. The van der Waals surface area contributed by atoms with Crippen molar-refractivity contribution in [1.82, 2.24) is 20.0 Å². The minimum absolute atomic E-state index is 0.00474. The van der Waals surface area contributed by atoms with E-state index >= 15 is 0 Å². The lowest BCUT2D eigenvalue weighted by molar-refractivity contribution is 0.406. The van der Waals surface area contributed by atoms with Crippen molar-refractivity contribution in [3.05, 3.63) is 45.1 Å². The summed E-state index contributed by atoms with van der Waals surface area (Å²) in [6.45, 7) is 0. The van der Waals surface area contributed by atoms with Crippen LogP contribution in [0.4, 0.5) is 4.39 Å². The third-order valence-electron chi connectivity index (χ3n) is 2.99. The Morgan fingerprint density at radius 1 is 1.45 bits per heavy atom.